The van der Waals surface area contributed by atoms with Gasteiger partial charge in [-0.1, -0.05) is 36.4 Å². The molecule has 0 heterocycles. The first kappa shape index (κ1) is 13.6. The van der Waals surface area contributed by atoms with Crippen LogP contribution in [0.15, 0.2) is 36.4 Å². The van der Waals surface area contributed by atoms with Crippen molar-refractivity contribution in [2.75, 3.05) is 0 Å². The predicted octanol–water partition coefficient (Wildman–Crippen LogP) is 2.11. The van der Waals surface area contributed by atoms with E-state index in [2.05, 4.69) is 16.7 Å². The van der Waals surface area contributed by atoms with Crippen LogP contribution in [-0.2, 0) is 22.7 Å². The molecule has 2 aromatic carbocycles. The Bertz CT molecular complexity index is 678. The molecular weight excluding hydrogens is 264 g/mol. The van der Waals surface area contributed by atoms with Gasteiger partial charge in [0.05, 0.1) is 0 Å². The highest BCUT2D eigenvalue weighted by atomic mass is 16.2. The van der Waals surface area contributed by atoms with Crippen LogP contribution < -0.4 is 10.6 Å². The van der Waals surface area contributed by atoms with Crippen molar-refractivity contribution < 1.29 is 9.59 Å². The molecule has 1 saturated carbocycles. The van der Waals surface area contributed by atoms with Gasteiger partial charge in [-0.25, -0.2) is 0 Å². The zero-order valence-electron chi connectivity index (χ0n) is 11.8. The van der Waals surface area contributed by atoms with Crippen LogP contribution >= 0.6 is 0 Å². The first-order valence-corrected chi connectivity index (χ1v) is 7.24. The van der Waals surface area contributed by atoms with Crippen molar-refractivity contribution in [3.8, 4) is 0 Å². The Morgan fingerprint density at radius 2 is 1.67 bits per heavy atom. The summed E-state index contributed by atoms with van der Waals surface area (Å²) >= 11 is 0. The van der Waals surface area contributed by atoms with Gasteiger partial charge in [-0.05, 0) is 34.7 Å². The molecule has 0 aliphatic heterocycles. The van der Waals surface area contributed by atoms with Gasteiger partial charge in [0.15, 0.2) is 0 Å². The number of benzene rings is 2. The molecule has 2 aromatic rings. The van der Waals surface area contributed by atoms with Gasteiger partial charge in [-0.3, -0.25) is 9.59 Å². The SMILES string of the molecule is O=CNCc1ccc(CNC(=O)C2CC2)c2ccccc12. The molecule has 0 spiro atoms. The van der Waals surface area contributed by atoms with E-state index >= 15 is 0 Å². The molecule has 0 aromatic heterocycles. The monoisotopic (exact) mass is 282 g/mol. The lowest BCUT2D eigenvalue weighted by atomic mass is 9.99. The summed E-state index contributed by atoms with van der Waals surface area (Å²) in [6.45, 7) is 1.07. The normalized spacial score (nSPS) is 13.9. The largest absolute Gasteiger partial charge is 0.355 e. The standard InChI is InChI=1S/C17H18N2O2/c20-11-18-9-13-7-8-14(10-19-17(21)12-5-6-12)16-4-2-1-3-15(13)16/h1-4,7-8,11-12H,5-6,9-10H2,(H,18,20)(H,19,21). The van der Waals surface area contributed by atoms with Gasteiger partial charge < -0.3 is 10.6 Å². The Morgan fingerprint density at radius 1 is 1.05 bits per heavy atom. The van der Waals surface area contributed by atoms with Crippen LogP contribution in [-0.4, -0.2) is 12.3 Å². The second-order valence-corrected chi connectivity index (χ2v) is 5.42. The van der Waals surface area contributed by atoms with E-state index in [1.165, 1.54) is 0 Å². The zero-order chi connectivity index (χ0) is 14.7. The minimum atomic E-state index is 0.158. The van der Waals surface area contributed by atoms with E-state index in [4.69, 9.17) is 0 Å². The molecule has 0 radical (unpaired) electrons. The number of carbonyl (C=O) groups is 2. The minimum absolute atomic E-state index is 0.158. The van der Waals surface area contributed by atoms with Gasteiger partial charge in [0.2, 0.25) is 12.3 Å². The molecule has 4 nitrogen and oxygen atoms in total. The zero-order valence-corrected chi connectivity index (χ0v) is 11.8. The van der Waals surface area contributed by atoms with Crippen molar-refractivity contribution in [2.24, 2.45) is 5.92 Å². The van der Waals surface area contributed by atoms with Crippen LogP contribution in [0.1, 0.15) is 24.0 Å². The molecule has 4 heteroatoms. The topological polar surface area (TPSA) is 58.2 Å². The second-order valence-electron chi connectivity index (χ2n) is 5.42. The Morgan fingerprint density at radius 3 is 2.24 bits per heavy atom. The first-order chi connectivity index (χ1) is 10.3. The maximum absolute atomic E-state index is 11.8. The van der Waals surface area contributed by atoms with Crippen LogP contribution in [0, 0.1) is 5.92 Å². The number of carbonyl (C=O) groups excluding carboxylic acids is 2. The lowest BCUT2D eigenvalue weighted by Crippen LogP contribution is -2.24. The molecule has 0 unspecified atom stereocenters. The molecule has 3 rings (SSSR count). The van der Waals surface area contributed by atoms with Crippen molar-refractivity contribution in [1.82, 2.24) is 10.6 Å². The summed E-state index contributed by atoms with van der Waals surface area (Å²) in [7, 11) is 0. The minimum Gasteiger partial charge on any atom is -0.355 e. The van der Waals surface area contributed by atoms with Gasteiger partial charge in [0.1, 0.15) is 0 Å². The molecule has 1 aliphatic carbocycles. The molecule has 2 amide bonds. The molecule has 1 fully saturated rings. The molecule has 0 saturated heterocycles. The third-order valence-electron chi connectivity index (χ3n) is 3.88. The van der Waals surface area contributed by atoms with E-state index in [1.807, 2.05) is 30.3 Å². The number of rotatable bonds is 6. The number of hydrogen-bond donors (Lipinski definition) is 2. The van der Waals surface area contributed by atoms with Gasteiger partial charge >= 0.3 is 0 Å². The molecular formula is C17H18N2O2. The summed E-state index contributed by atoms with van der Waals surface area (Å²) in [5.41, 5.74) is 2.18. The Kier molecular flexibility index (Phi) is 3.86. The Hall–Kier alpha value is -2.36. The number of amides is 2. The molecule has 2 N–H and O–H groups in total. The summed E-state index contributed by atoms with van der Waals surface area (Å²) in [6.07, 6.45) is 2.74. The fourth-order valence-electron chi connectivity index (χ4n) is 2.56. The lowest BCUT2D eigenvalue weighted by Gasteiger charge is -2.12. The predicted molar refractivity (Wildman–Crippen MR) is 81.4 cm³/mol. The summed E-state index contributed by atoms with van der Waals surface area (Å²) in [4.78, 5) is 22.2. The molecule has 21 heavy (non-hydrogen) atoms. The van der Waals surface area contributed by atoms with Crippen molar-refractivity contribution >= 4 is 23.1 Å². The fourth-order valence-corrected chi connectivity index (χ4v) is 2.56. The smallest absolute Gasteiger partial charge is 0.223 e. The molecule has 1 aliphatic rings. The van der Waals surface area contributed by atoms with E-state index in [9.17, 15) is 9.59 Å². The first-order valence-electron chi connectivity index (χ1n) is 7.24. The van der Waals surface area contributed by atoms with Gasteiger partial charge in [0.25, 0.3) is 0 Å². The van der Waals surface area contributed by atoms with Crippen molar-refractivity contribution in [2.45, 2.75) is 25.9 Å². The van der Waals surface area contributed by atoms with E-state index in [0.29, 0.717) is 19.5 Å². The average Bonchev–Trinajstić information content (AvgIpc) is 3.36. The summed E-state index contributed by atoms with van der Waals surface area (Å²) in [6, 6.07) is 12.1. The van der Waals surface area contributed by atoms with Crippen LogP contribution in [0.4, 0.5) is 0 Å². The van der Waals surface area contributed by atoms with E-state index < -0.39 is 0 Å². The highest BCUT2D eigenvalue weighted by molar-refractivity contribution is 5.89. The fraction of sp³-hybridized carbons (Fsp3) is 0.294. The Balaban J connectivity index is 1.85. The van der Waals surface area contributed by atoms with E-state index in [0.717, 1.165) is 34.7 Å². The van der Waals surface area contributed by atoms with Crippen LogP contribution in [0.2, 0.25) is 0 Å². The van der Waals surface area contributed by atoms with E-state index in [1.54, 1.807) is 0 Å². The van der Waals surface area contributed by atoms with Crippen LogP contribution in [0.3, 0.4) is 0 Å². The maximum atomic E-state index is 11.8. The van der Waals surface area contributed by atoms with Gasteiger partial charge in [-0.2, -0.15) is 0 Å². The lowest BCUT2D eigenvalue weighted by molar-refractivity contribution is -0.122. The quantitative estimate of drug-likeness (QED) is 0.797. The van der Waals surface area contributed by atoms with E-state index in [-0.39, 0.29) is 11.8 Å². The summed E-state index contributed by atoms with van der Waals surface area (Å²) in [5, 5.41) is 7.94. The van der Waals surface area contributed by atoms with Crippen LogP contribution in [0.5, 0.6) is 0 Å². The highest BCUT2D eigenvalue weighted by Gasteiger charge is 2.29. The maximum Gasteiger partial charge on any atom is 0.223 e. The van der Waals surface area contributed by atoms with Gasteiger partial charge in [-0.15, -0.1) is 0 Å². The number of hydrogen-bond acceptors (Lipinski definition) is 2. The highest BCUT2D eigenvalue weighted by Crippen LogP contribution is 2.29. The van der Waals surface area contributed by atoms with Crippen molar-refractivity contribution in [1.29, 1.82) is 0 Å². The Labute approximate surface area is 123 Å². The third kappa shape index (κ3) is 3.05. The molecule has 0 atom stereocenters. The number of nitrogens with one attached hydrogen (secondary N) is 2. The summed E-state index contributed by atoms with van der Waals surface area (Å²) < 4.78 is 0. The summed E-state index contributed by atoms with van der Waals surface area (Å²) in [5.74, 6) is 0.387. The molecule has 0 bridgehead atoms. The average molecular weight is 282 g/mol. The van der Waals surface area contributed by atoms with Gasteiger partial charge in [0, 0.05) is 19.0 Å². The number of fused-ring (bicyclic) bond motifs is 1. The molecule has 108 valence electrons. The third-order valence-corrected chi connectivity index (χ3v) is 3.88. The van der Waals surface area contributed by atoms with Crippen molar-refractivity contribution in [3.05, 3.63) is 47.5 Å². The van der Waals surface area contributed by atoms with Crippen LogP contribution in [0.25, 0.3) is 10.8 Å². The second kappa shape index (κ2) is 5.95. The van der Waals surface area contributed by atoms with Crippen molar-refractivity contribution in [3.63, 3.8) is 0 Å².